The Hall–Kier alpha value is -4.07. The molecule has 0 aliphatic heterocycles. The van der Waals surface area contributed by atoms with Gasteiger partial charge in [-0.1, -0.05) is 36.4 Å². The minimum absolute atomic E-state index is 0.00663. The van der Waals surface area contributed by atoms with E-state index in [0.717, 1.165) is 52.2 Å². The van der Waals surface area contributed by atoms with Crippen LogP contribution in [0.4, 0.5) is 0 Å². The van der Waals surface area contributed by atoms with Crippen molar-refractivity contribution in [2.45, 2.75) is 63.5 Å². The molecule has 2 aromatic carbocycles. The predicted octanol–water partition coefficient (Wildman–Crippen LogP) is 4.79. The van der Waals surface area contributed by atoms with E-state index in [-0.39, 0.29) is 23.7 Å². The number of hydrogen-bond acceptors (Lipinski definition) is 4. The summed E-state index contributed by atoms with van der Waals surface area (Å²) in [4.78, 5) is 47.6. The van der Waals surface area contributed by atoms with E-state index in [9.17, 15) is 14.4 Å². The van der Waals surface area contributed by atoms with Gasteiger partial charge in [-0.3, -0.25) is 9.59 Å². The second-order valence-electron chi connectivity index (χ2n) is 12.9. The van der Waals surface area contributed by atoms with Gasteiger partial charge in [0.15, 0.2) is 0 Å². The van der Waals surface area contributed by atoms with Gasteiger partial charge in [0, 0.05) is 52.5 Å². The van der Waals surface area contributed by atoms with Crippen LogP contribution >= 0.6 is 0 Å². The Kier molecular flexibility index (Phi) is 6.79. The van der Waals surface area contributed by atoms with Crippen LogP contribution in [0.1, 0.15) is 49.7 Å². The number of H-pyrrole nitrogens is 2. The first kappa shape index (κ1) is 26.8. The minimum atomic E-state index is -0.899. The number of carbonyl (C=O) groups excluding carboxylic acids is 3. The van der Waals surface area contributed by atoms with Crippen LogP contribution in [0.3, 0.4) is 0 Å². The zero-order valence-electron chi connectivity index (χ0n) is 24.0. The third-order valence-electron chi connectivity index (χ3n) is 10.1. The van der Waals surface area contributed by atoms with Crippen molar-refractivity contribution >= 4 is 39.6 Å². The number of benzene rings is 2. The number of rotatable bonds is 9. The number of para-hydroxylation sites is 2. The summed E-state index contributed by atoms with van der Waals surface area (Å²) in [5.74, 6) is 0.932. The molecule has 4 saturated carbocycles. The molecule has 4 aliphatic carbocycles. The number of aromatic nitrogens is 2. The average molecular weight is 567 g/mol. The molecule has 4 N–H and O–H groups in total. The summed E-state index contributed by atoms with van der Waals surface area (Å²) in [7, 11) is 1.33. The van der Waals surface area contributed by atoms with Crippen molar-refractivity contribution in [3.63, 3.8) is 0 Å². The standard InChI is InChI=1S/C34H38N4O4/c1-42-32(40)30(14-24-19-36-28-9-5-3-7-26(24)28)37-31(39)29(13-23-18-35-27-8-4-2-6-25(23)27)38-33(41)34-15-20-10-21(16-34)12-22(11-20)17-34/h2-9,18-22,29-30,35-36H,10-17H2,1H3,(H,37,39)(H,38,41)/t20?,21?,22?,29-,30+,34?/m1/s1. The van der Waals surface area contributed by atoms with E-state index in [1.807, 2.05) is 60.9 Å². The van der Waals surface area contributed by atoms with Crippen molar-refractivity contribution in [2.24, 2.45) is 23.2 Å². The van der Waals surface area contributed by atoms with Crippen molar-refractivity contribution in [2.75, 3.05) is 7.11 Å². The summed E-state index contributed by atoms with van der Waals surface area (Å²) in [6.45, 7) is 0. The number of esters is 1. The van der Waals surface area contributed by atoms with Gasteiger partial charge in [0.2, 0.25) is 11.8 Å². The summed E-state index contributed by atoms with van der Waals surface area (Å²) in [6.07, 6.45) is 10.8. The fourth-order valence-electron chi connectivity index (χ4n) is 8.56. The van der Waals surface area contributed by atoms with E-state index < -0.39 is 18.1 Å². The van der Waals surface area contributed by atoms with Crippen molar-refractivity contribution < 1.29 is 19.1 Å². The van der Waals surface area contributed by atoms with Crippen LogP contribution < -0.4 is 10.6 Å². The van der Waals surface area contributed by atoms with Gasteiger partial charge in [0.05, 0.1) is 7.11 Å². The van der Waals surface area contributed by atoms with E-state index in [1.165, 1.54) is 26.4 Å². The molecule has 0 unspecified atom stereocenters. The molecule has 2 atom stereocenters. The largest absolute Gasteiger partial charge is 0.467 e. The van der Waals surface area contributed by atoms with Gasteiger partial charge in [-0.15, -0.1) is 0 Å². The lowest BCUT2D eigenvalue weighted by molar-refractivity contribution is -0.149. The van der Waals surface area contributed by atoms with Gasteiger partial charge >= 0.3 is 5.97 Å². The monoisotopic (exact) mass is 566 g/mol. The molecule has 42 heavy (non-hydrogen) atoms. The summed E-state index contributed by atoms with van der Waals surface area (Å²) >= 11 is 0. The lowest BCUT2D eigenvalue weighted by Crippen LogP contribution is -2.59. The summed E-state index contributed by atoms with van der Waals surface area (Å²) in [5.41, 5.74) is 3.41. The van der Waals surface area contributed by atoms with Crippen LogP contribution in [0.2, 0.25) is 0 Å². The Morgan fingerprint density at radius 2 is 1.29 bits per heavy atom. The Bertz CT molecular complexity index is 1620. The van der Waals surface area contributed by atoms with Crippen LogP contribution in [0.15, 0.2) is 60.9 Å². The molecular formula is C34H38N4O4. The van der Waals surface area contributed by atoms with Crippen LogP contribution in [0.5, 0.6) is 0 Å². The van der Waals surface area contributed by atoms with Crippen LogP contribution in [0.25, 0.3) is 21.8 Å². The van der Waals surface area contributed by atoms with Crippen LogP contribution in [0, 0.1) is 23.2 Å². The molecule has 4 fully saturated rings. The van der Waals surface area contributed by atoms with Crippen molar-refractivity contribution in [1.29, 1.82) is 0 Å². The van der Waals surface area contributed by atoms with Gasteiger partial charge in [-0.2, -0.15) is 0 Å². The molecule has 0 spiro atoms. The van der Waals surface area contributed by atoms with Gasteiger partial charge in [-0.25, -0.2) is 4.79 Å². The summed E-state index contributed by atoms with van der Waals surface area (Å²) < 4.78 is 5.11. The summed E-state index contributed by atoms with van der Waals surface area (Å²) in [6, 6.07) is 14.1. The number of aromatic amines is 2. The number of methoxy groups -OCH3 is 1. The highest BCUT2D eigenvalue weighted by atomic mass is 16.5. The molecule has 4 bridgehead atoms. The topological polar surface area (TPSA) is 116 Å². The molecular weight excluding hydrogens is 528 g/mol. The second kappa shape index (κ2) is 10.6. The number of carbonyl (C=O) groups is 3. The number of hydrogen-bond donors (Lipinski definition) is 4. The highest BCUT2D eigenvalue weighted by Crippen LogP contribution is 2.60. The molecule has 2 aromatic heterocycles. The van der Waals surface area contributed by atoms with Gasteiger partial charge < -0.3 is 25.3 Å². The maximum absolute atomic E-state index is 14.1. The van der Waals surface area contributed by atoms with E-state index >= 15 is 0 Å². The molecule has 8 rings (SSSR count). The van der Waals surface area contributed by atoms with Crippen molar-refractivity contribution in [3.8, 4) is 0 Å². The maximum Gasteiger partial charge on any atom is 0.328 e. The lowest BCUT2D eigenvalue weighted by Gasteiger charge is -2.55. The van der Waals surface area contributed by atoms with Gasteiger partial charge in [-0.05, 0) is 79.5 Å². The molecule has 0 saturated heterocycles. The number of ether oxygens (including phenoxy) is 1. The number of nitrogens with one attached hydrogen (secondary N) is 4. The Labute approximate surface area is 245 Å². The van der Waals surface area contributed by atoms with E-state index in [4.69, 9.17) is 4.74 Å². The first-order chi connectivity index (χ1) is 20.4. The third-order valence-corrected chi connectivity index (χ3v) is 10.1. The number of fused-ring (bicyclic) bond motifs is 2. The first-order valence-electron chi connectivity index (χ1n) is 15.2. The highest BCUT2D eigenvalue weighted by Gasteiger charge is 2.55. The Balaban J connectivity index is 1.16. The predicted molar refractivity (Wildman–Crippen MR) is 160 cm³/mol. The maximum atomic E-state index is 14.1. The molecule has 8 nitrogen and oxygen atoms in total. The average Bonchev–Trinajstić information content (AvgIpc) is 3.59. The molecule has 0 radical (unpaired) electrons. The fraction of sp³-hybridized carbons (Fsp3) is 0.441. The summed E-state index contributed by atoms with van der Waals surface area (Å²) in [5, 5.41) is 8.17. The quantitative estimate of drug-likeness (QED) is 0.218. The molecule has 2 amide bonds. The van der Waals surface area contributed by atoms with Crippen molar-refractivity contribution in [3.05, 3.63) is 72.1 Å². The zero-order valence-corrected chi connectivity index (χ0v) is 24.0. The minimum Gasteiger partial charge on any atom is -0.467 e. The molecule has 2 heterocycles. The molecule has 8 heteroatoms. The molecule has 4 aliphatic rings. The lowest BCUT2D eigenvalue weighted by atomic mass is 9.49. The van der Waals surface area contributed by atoms with E-state index in [2.05, 4.69) is 20.6 Å². The van der Waals surface area contributed by atoms with Crippen LogP contribution in [-0.2, 0) is 32.0 Å². The van der Waals surface area contributed by atoms with Gasteiger partial charge in [0.25, 0.3) is 0 Å². The highest BCUT2D eigenvalue weighted by molar-refractivity contribution is 5.94. The Morgan fingerprint density at radius 1 is 0.786 bits per heavy atom. The SMILES string of the molecule is COC(=O)[C@H](Cc1c[nH]c2ccccc12)NC(=O)[C@@H](Cc1c[nH]c2ccccc12)NC(=O)C12CC3CC(CC(C3)C1)C2. The number of amides is 2. The second-order valence-corrected chi connectivity index (χ2v) is 12.9. The van der Waals surface area contributed by atoms with Crippen molar-refractivity contribution in [1.82, 2.24) is 20.6 Å². The first-order valence-corrected chi connectivity index (χ1v) is 15.2. The molecule has 4 aromatic rings. The van der Waals surface area contributed by atoms with Crippen LogP contribution in [-0.4, -0.2) is 46.9 Å². The van der Waals surface area contributed by atoms with E-state index in [0.29, 0.717) is 24.2 Å². The normalized spacial score (nSPS) is 25.8. The zero-order chi connectivity index (χ0) is 28.8. The fourth-order valence-corrected chi connectivity index (χ4v) is 8.56. The smallest absolute Gasteiger partial charge is 0.328 e. The Morgan fingerprint density at radius 3 is 1.81 bits per heavy atom. The third kappa shape index (κ3) is 4.86. The van der Waals surface area contributed by atoms with Gasteiger partial charge in [0.1, 0.15) is 12.1 Å². The van der Waals surface area contributed by atoms with E-state index in [1.54, 1.807) is 0 Å². The molecule has 218 valence electrons.